The zero-order valence-electron chi connectivity index (χ0n) is 14.7. The van der Waals surface area contributed by atoms with Crippen LogP contribution in [0.5, 0.6) is 0 Å². The molecule has 4 aromatic rings. The molecule has 0 aliphatic carbocycles. The Morgan fingerprint density at radius 3 is 2.83 bits per heavy atom. The SMILES string of the molecule is C=CC(=O)Nc1nnc(-c2ccc3ncnc(Nc4ccc(F)c(Cl)c4)c3c2)o1. The lowest BCUT2D eigenvalue weighted by molar-refractivity contribution is -0.112. The van der Waals surface area contributed by atoms with Gasteiger partial charge in [0, 0.05) is 16.6 Å². The van der Waals surface area contributed by atoms with Gasteiger partial charge in [0.1, 0.15) is 18.0 Å². The maximum absolute atomic E-state index is 13.4. The third kappa shape index (κ3) is 3.90. The van der Waals surface area contributed by atoms with Gasteiger partial charge < -0.3 is 9.73 Å². The van der Waals surface area contributed by atoms with Crippen molar-refractivity contribution in [1.29, 1.82) is 0 Å². The molecule has 0 aliphatic rings. The van der Waals surface area contributed by atoms with Gasteiger partial charge >= 0.3 is 6.01 Å². The van der Waals surface area contributed by atoms with Gasteiger partial charge in [-0.05, 0) is 42.5 Å². The van der Waals surface area contributed by atoms with E-state index in [0.717, 1.165) is 6.08 Å². The first-order valence-corrected chi connectivity index (χ1v) is 8.65. The molecule has 2 aromatic heterocycles. The van der Waals surface area contributed by atoms with Gasteiger partial charge in [-0.15, -0.1) is 5.10 Å². The van der Waals surface area contributed by atoms with Crippen LogP contribution >= 0.6 is 11.6 Å². The van der Waals surface area contributed by atoms with Crippen molar-refractivity contribution in [1.82, 2.24) is 20.2 Å². The van der Waals surface area contributed by atoms with Crippen molar-refractivity contribution in [2.45, 2.75) is 0 Å². The van der Waals surface area contributed by atoms with Crippen LogP contribution in [0.2, 0.25) is 5.02 Å². The lowest BCUT2D eigenvalue weighted by atomic mass is 10.1. The van der Waals surface area contributed by atoms with E-state index in [9.17, 15) is 9.18 Å². The van der Waals surface area contributed by atoms with Gasteiger partial charge in [-0.3, -0.25) is 10.1 Å². The minimum atomic E-state index is -0.511. The first-order chi connectivity index (χ1) is 14.0. The number of benzene rings is 2. The number of amides is 1. The molecule has 0 radical (unpaired) electrons. The minimum absolute atomic E-state index is 0.00555. The molecule has 2 aromatic carbocycles. The van der Waals surface area contributed by atoms with Gasteiger partial charge in [0.25, 0.3) is 5.91 Å². The van der Waals surface area contributed by atoms with Crippen LogP contribution < -0.4 is 10.6 Å². The van der Waals surface area contributed by atoms with E-state index in [1.54, 1.807) is 24.3 Å². The normalized spacial score (nSPS) is 10.7. The number of aromatic nitrogens is 4. The van der Waals surface area contributed by atoms with Crippen LogP contribution in [0, 0.1) is 5.82 Å². The van der Waals surface area contributed by atoms with E-state index in [0.29, 0.717) is 28.0 Å². The van der Waals surface area contributed by atoms with Crippen LogP contribution in [0.1, 0.15) is 0 Å². The standard InChI is InChI=1S/C19H12ClFN6O2/c1-2-16(28)25-19-27-26-18(29-19)10-3-6-15-12(7-10)17(23-9-22-15)24-11-4-5-14(21)13(20)8-11/h2-9H,1H2,(H,22,23,24)(H,25,27,28). The number of nitrogens with zero attached hydrogens (tertiary/aromatic N) is 4. The monoisotopic (exact) mass is 410 g/mol. The Hall–Kier alpha value is -3.85. The molecule has 29 heavy (non-hydrogen) atoms. The molecule has 10 heteroatoms. The Kier molecular flexibility index (Phi) is 4.88. The summed E-state index contributed by atoms with van der Waals surface area (Å²) in [5.41, 5.74) is 1.83. The summed E-state index contributed by atoms with van der Waals surface area (Å²) in [6.07, 6.45) is 2.50. The van der Waals surface area contributed by atoms with E-state index in [1.807, 2.05) is 0 Å². The Morgan fingerprint density at radius 1 is 1.17 bits per heavy atom. The molecule has 0 bridgehead atoms. The average Bonchev–Trinajstić information content (AvgIpc) is 3.19. The Bertz CT molecular complexity index is 1240. The Labute approximate surface area is 168 Å². The number of carbonyl (C=O) groups excluding carboxylic acids is 1. The molecule has 0 fully saturated rings. The fourth-order valence-electron chi connectivity index (χ4n) is 2.55. The second-order valence-electron chi connectivity index (χ2n) is 5.81. The largest absolute Gasteiger partial charge is 0.403 e. The van der Waals surface area contributed by atoms with Crippen molar-refractivity contribution in [2.75, 3.05) is 10.6 Å². The van der Waals surface area contributed by atoms with Crippen molar-refractivity contribution in [2.24, 2.45) is 0 Å². The zero-order valence-corrected chi connectivity index (χ0v) is 15.4. The average molecular weight is 411 g/mol. The van der Waals surface area contributed by atoms with Crippen molar-refractivity contribution in [3.8, 4) is 11.5 Å². The Balaban J connectivity index is 1.69. The highest BCUT2D eigenvalue weighted by Crippen LogP contribution is 2.29. The van der Waals surface area contributed by atoms with Crippen LogP contribution in [0.4, 0.5) is 21.9 Å². The van der Waals surface area contributed by atoms with Gasteiger partial charge in [-0.2, -0.15) is 0 Å². The second-order valence-corrected chi connectivity index (χ2v) is 6.22. The molecule has 0 spiro atoms. The molecule has 1 amide bonds. The summed E-state index contributed by atoms with van der Waals surface area (Å²) in [7, 11) is 0. The number of anilines is 3. The molecule has 0 atom stereocenters. The van der Waals surface area contributed by atoms with E-state index >= 15 is 0 Å². The molecule has 0 unspecified atom stereocenters. The topological polar surface area (TPSA) is 106 Å². The van der Waals surface area contributed by atoms with Gasteiger partial charge in [-0.25, -0.2) is 14.4 Å². The van der Waals surface area contributed by atoms with Crippen molar-refractivity contribution in [3.63, 3.8) is 0 Å². The maximum atomic E-state index is 13.4. The van der Waals surface area contributed by atoms with E-state index in [-0.39, 0.29) is 16.9 Å². The number of hydrogen-bond donors (Lipinski definition) is 2. The van der Waals surface area contributed by atoms with Gasteiger partial charge in [0.15, 0.2) is 0 Å². The lowest BCUT2D eigenvalue weighted by Gasteiger charge is -2.09. The fourth-order valence-corrected chi connectivity index (χ4v) is 2.73. The maximum Gasteiger partial charge on any atom is 0.322 e. The molecular formula is C19H12ClFN6O2. The molecule has 144 valence electrons. The number of rotatable bonds is 5. The minimum Gasteiger partial charge on any atom is -0.403 e. The molecule has 8 nitrogen and oxygen atoms in total. The first kappa shape index (κ1) is 18.5. The van der Waals surface area contributed by atoms with Crippen LogP contribution in [-0.4, -0.2) is 26.1 Å². The van der Waals surface area contributed by atoms with Crippen molar-refractivity contribution < 1.29 is 13.6 Å². The summed E-state index contributed by atoms with van der Waals surface area (Å²) in [6.45, 7) is 3.36. The number of halogens is 2. The number of hydrogen-bond acceptors (Lipinski definition) is 7. The molecule has 2 heterocycles. The van der Waals surface area contributed by atoms with E-state index < -0.39 is 11.7 Å². The molecule has 4 rings (SSSR count). The Morgan fingerprint density at radius 2 is 2.03 bits per heavy atom. The van der Waals surface area contributed by atoms with E-state index in [1.165, 1.54) is 18.5 Å². The molecule has 0 saturated heterocycles. The lowest BCUT2D eigenvalue weighted by Crippen LogP contribution is -2.07. The highest BCUT2D eigenvalue weighted by Gasteiger charge is 2.13. The fraction of sp³-hybridized carbons (Fsp3) is 0. The summed E-state index contributed by atoms with van der Waals surface area (Å²) in [5.74, 6) is -0.288. The highest BCUT2D eigenvalue weighted by molar-refractivity contribution is 6.31. The highest BCUT2D eigenvalue weighted by atomic mass is 35.5. The number of fused-ring (bicyclic) bond motifs is 1. The van der Waals surface area contributed by atoms with Gasteiger partial charge in [0.2, 0.25) is 5.89 Å². The van der Waals surface area contributed by atoms with Gasteiger partial charge in [-0.1, -0.05) is 23.3 Å². The predicted molar refractivity (Wildman–Crippen MR) is 106 cm³/mol. The summed E-state index contributed by atoms with van der Waals surface area (Å²) < 4.78 is 18.9. The van der Waals surface area contributed by atoms with E-state index in [2.05, 4.69) is 37.4 Å². The molecule has 0 aliphatic heterocycles. The van der Waals surface area contributed by atoms with Gasteiger partial charge in [0.05, 0.1) is 10.5 Å². The summed E-state index contributed by atoms with van der Waals surface area (Å²) >= 11 is 5.84. The first-order valence-electron chi connectivity index (χ1n) is 8.27. The van der Waals surface area contributed by atoms with Crippen LogP contribution in [-0.2, 0) is 4.79 Å². The summed E-state index contributed by atoms with van der Waals surface area (Å²) in [5, 5.41) is 13.9. The van der Waals surface area contributed by atoms with E-state index in [4.69, 9.17) is 16.0 Å². The van der Waals surface area contributed by atoms with Crippen molar-refractivity contribution >= 4 is 45.9 Å². The second kappa shape index (κ2) is 7.64. The van der Waals surface area contributed by atoms with Crippen LogP contribution in [0.25, 0.3) is 22.4 Å². The number of carbonyl (C=O) groups is 1. The zero-order chi connectivity index (χ0) is 20.4. The third-order valence-corrected chi connectivity index (χ3v) is 4.19. The number of nitrogens with one attached hydrogen (secondary N) is 2. The summed E-state index contributed by atoms with van der Waals surface area (Å²) in [4.78, 5) is 19.8. The van der Waals surface area contributed by atoms with Crippen molar-refractivity contribution in [3.05, 3.63) is 66.2 Å². The molecule has 0 saturated carbocycles. The third-order valence-electron chi connectivity index (χ3n) is 3.91. The smallest absolute Gasteiger partial charge is 0.322 e. The molecular weight excluding hydrogens is 399 g/mol. The summed E-state index contributed by atoms with van der Waals surface area (Å²) in [6, 6.07) is 9.50. The van der Waals surface area contributed by atoms with Crippen LogP contribution in [0.3, 0.4) is 0 Å². The quantitative estimate of drug-likeness (QED) is 0.471. The van der Waals surface area contributed by atoms with Crippen LogP contribution in [0.15, 0.2) is 59.8 Å². The molecule has 2 N–H and O–H groups in total. The predicted octanol–water partition coefficient (Wildman–Crippen LogP) is 4.34.